The van der Waals surface area contributed by atoms with Gasteiger partial charge < -0.3 is 4.42 Å². The van der Waals surface area contributed by atoms with Crippen LogP contribution in [0.3, 0.4) is 0 Å². The summed E-state index contributed by atoms with van der Waals surface area (Å²) in [7, 11) is 0. The Morgan fingerprint density at radius 1 is 1.57 bits per heavy atom. The van der Waals surface area contributed by atoms with E-state index < -0.39 is 0 Å². The SMILES string of the molecule is CC(CS)c1cc(Cl)c2ncoc2c1. The lowest BCUT2D eigenvalue weighted by Crippen LogP contribution is -1.94. The van der Waals surface area contributed by atoms with Crippen molar-refractivity contribution in [1.82, 2.24) is 4.98 Å². The van der Waals surface area contributed by atoms with Crippen molar-refractivity contribution >= 4 is 35.3 Å². The third kappa shape index (κ3) is 1.62. The molecule has 1 aromatic carbocycles. The van der Waals surface area contributed by atoms with Crippen molar-refractivity contribution in [2.45, 2.75) is 12.8 Å². The van der Waals surface area contributed by atoms with Crippen molar-refractivity contribution in [2.24, 2.45) is 0 Å². The second-order valence-electron chi connectivity index (χ2n) is 3.29. The Balaban J connectivity index is 2.58. The lowest BCUT2D eigenvalue weighted by molar-refractivity contribution is 0.601. The minimum absolute atomic E-state index is 0.366. The monoisotopic (exact) mass is 227 g/mol. The summed E-state index contributed by atoms with van der Waals surface area (Å²) in [5, 5.41) is 0.639. The number of oxazole rings is 1. The van der Waals surface area contributed by atoms with Gasteiger partial charge in [-0.25, -0.2) is 4.98 Å². The largest absolute Gasteiger partial charge is 0.443 e. The fraction of sp³-hybridized carbons (Fsp3) is 0.300. The van der Waals surface area contributed by atoms with E-state index in [9.17, 15) is 0 Å². The molecule has 2 aromatic rings. The van der Waals surface area contributed by atoms with Gasteiger partial charge in [0.25, 0.3) is 0 Å². The second-order valence-corrected chi connectivity index (χ2v) is 4.06. The minimum atomic E-state index is 0.366. The van der Waals surface area contributed by atoms with Gasteiger partial charge in [-0.1, -0.05) is 18.5 Å². The normalized spacial score (nSPS) is 13.4. The molecule has 1 heterocycles. The lowest BCUT2D eigenvalue weighted by Gasteiger charge is -2.08. The number of aromatic nitrogens is 1. The van der Waals surface area contributed by atoms with Gasteiger partial charge in [0.15, 0.2) is 12.0 Å². The van der Waals surface area contributed by atoms with Crippen molar-refractivity contribution in [3.8, 4) is 0 Å². The van der Waals surface area contributed by atoms with Crippen LogP contribution in [0.2, 0.25) is 5.02 Å². The summed E-state index contributed by atoms with van der Waals surface area (Å²) < 4.78 is 5.21. The second kappa shape index (κ2) is 3.83. The minimum Gasteiger partial charge on any atom is -0.443 e. The summed E-state index contributed by atoms with van der Waals surface area (Å²) in [6, 6.07) is 3.89. The van der Waals surface area contributed by atoms with Gasteiger partial charge in [-0.15, -0.1) is 0 Å². The number of thiol groups is 1. The highest BCUT2D eigenvalue weighted by atomic mass is 35.5. The van der Waals surface area contributed by atoms with Crippen LogP contribution in [0, 0.1) is 0 Å². The molecule has 0 saturated heterocycles. The van der Waals surface area contributed by atoms with E-state index in [2.05, 4.69) is 24.5 Å². The van der Waals surface area contributed by atoms with Crippen LogP contribution in [0.1, 0.15) is 18.4 Å². The summed E-state index contributed by atoms with van der Waals surface area (Å²) in [4.78, 5) is 4.03. The molecule has 0 aliphatic carbocycles. The fourth-order valence-corrected chi connectivity index (χ4v) is 1.81. The Labute approximate surface area is 92.7 Å². The molecule has 0 saturated carbocycles. The van der Waals surface area contributed by atoms with E-state index in [4.69, 9.17) is 16.0 Å². The van der Waals surface area contributed by atoms with E-state index in [-0.39, 0.29) is 0 Å². The fourth-order valence-electron chi connectivity index (χ4n) is 1.33. The maximum absolute atomic E-state index is 6.06. The van der Waals surface area contributed by atoms with Crippen molar-refractivity contribution < 1.29 is 4.42 Å². The molecule has 0 bridgehead atoms. The summed E-state index contributed by atoms with van der Waals surface area (Å²) >= 11 is 10.3. The Morgan fingerprint density at radius 3 is 3.07 bits per heavy atom. The predicted molar refractivity (Wildman–Crippen MR) is 61.3 cm³/mol. The van der Waals surface area contributed by atoms with E-state index in [0.29, 0.717) is 10.9 Å². The van der Waals surface area contributed by atoms with E-state index >= 15 is 0 Å². The molecule has 1 unspecified atom stereocenters. The number of hydrogen-bond acceptors (Lipinski definition) is 3. The number of benzene rings is 1. The zero-order chi connectivity index (χ0) is 10.1. The first-order chi connectivity index (χ1) is 6.72. The summed E-state index contributed by atoms with van der Waals surface area (Å²) in [6.45, 7) is 2.10. The molecule has 0 N–H and O–H groups in total. The Hall–Kier alpha value is -0.670. The van der Waals surface area contributed by atoms with Crippen molar-refractivity contribution in [1.29, 1.82) is 0 Å². The number of rotatable bonds is 2. The zero-order valence-corrected chi connectivity index (χ0v) is 9.35. The van der Waals surface area contributed by atoms with Crippen molar-refractivity contribution in [3.05, 3.63) is 29.1 Å². The highest BCUT2D eigenvalue weighted by Crippen LogP contribution is 2.28. The third-order valence-electron chi connectivity index (χ3n) is 2.26. The quantitative estimate of drug-likeness (QED) is 0.795. The molecule has 74 valence electrons. The number of halogens is 1. The van der Waals surface area contributed by atoms with Gasteiger partial charge in [0.1, 0.15) is 5.52 Å². The number of fused-ring (bicyclic) bond motifs is 1. The highest BCUT2D eigenvalue weighted by molar-refractivity contribution is 7.80. The van der Waals surface area contributed by atoms with Gasteiger partial charge in [-0.2, -0.15) is 12.6 Å². The third-order valence-corrected chi connectivity index (χ3v) is 3.09. The summed E-state index contributed by atoms with van der Waals surface area (Å²) in [5.74, 6) is 1.15. The van der Waals surface area contributed by atoms with E-state index in [1.807, 2.05) is 12.1 Å². The van der Waals surface area contributed by atoms with Gasteiger partial charge in [0.2, 0.25) is 0 Å². The maximum atomic E-state index is 6.06. The molecular weight excluding hydrogens is 218 g/mol. The van der Waals surface area contributed by atoms with E-state index in [1.54, 1.807) is 0 Å². The van der Waals surface area contributed by atoms with Crippen LogP contribution >= 0.6 is 24.2 Å². The first-order valence-electron chi connectivity index (χ1n) is 4.36. The van der Waals surface area contributed by atoms with Gasteiger partial charge >= 0.3 is 0 Å². The van der Waals surface area contributed by atoms with Gasteiger partial charge in [-0.3, -0.25) is 0 Å². The van der Waals surface area contributed by atoms with Gasteiger partial charge in [-0.05, 0) is 29.4 Å². The summed E-state index contributed by atoms with van der Waals surface area (Å²) in [6.07, 6.45) is 1.41. The Kier molecular flexibility index (Phi) is 2.70. The standard InChI is InChI=1S/C10H10ClNOS/c1-6(4-14)7-2-8(11)10-9(3-7)13-5-12-10/h2-3,5-6,14H,4H2,1H3. The first kappa shape index (κ1) is 9.87. The molecule has 0 radical (unpaired) electrons. The summed E-state index contributed by atoms with van der Waals surface area (Å²) in [5.41, 5.74) is 2.59. The molecule has 0 amide bonds. The van der Waals surface area contributed by atoms with Gasteiger partial charge in [0.05, 0.1) is 5.02 Å². The maximum Gasteiger partial charge on any atom is 0.182 e. The predicted octanol–water partition coefficient (Wildman–Crippen LogP) is 3.51. The van der Waals surface area contributed by atoms with Crippen LogP contribution in [-0.4, -0.2) is 10.7 Å². The topological polar surface area (TPSA) is 26.0 Å². The smallest absolute Gasteiger partial charge is 0.182 e. The molecular formula is C10H10ClNOS. The average molecular weight is 228 g/mol. The molecule has 1 aromatic heterocycles. The average Bonchev–Trinajstić information content (AvgIpc) is 2.64. The molecule has 0 fully saturated rings. The molecule has 0 aliphatic rings. The zero-order valence-electron chi connectivity index (χ0n) is 7.70. The van der Waals surface area contributed by atoms with Crippen LogP contribution in [0.5, 0.6) is 0 Å². The van der Waals surface area contributed by atoms with Crippen LogP contribution in [0.25, 0.3) is 11.1 Å². The van der Waals surface area contributed by atoms with Crippen molar-refractivity contribution in [3.63, 3.8) is 0 Å². The highest BCUT2D eigenvalue weighted by Gasteiger charge is 2.10. The number of nitrogens with zero attached hydrogens (tertiary/aromatic N) is 1. The van der Waals surface area contributed by atoms with Crippen LogP contribution in [0.4, 0.5) is 0 Å². The van der Waals surface area contributed by atoms with Crippen LogP contribution in [0.15, 0.2) is 22.9 Å². The Bertz CT molecular complexity index is 454. The van der Waals surface area contributed by atoms with Gasteiger partial charge in [0, 0.05) is 0 Å². The molecule has 14 heavy (non-hydrogen) atoms. The molecule has 2 nitrogen and oxygen atoms in total. The molecule has 4 heteroatoms. The van der Waals surface area contributed by atoms with Crippen molar-refractivity contribution in [2.75, 3.05) is 5.75 Å². The molecule has 1 atom stereocenters. The van der Waals surface area contributed by atoms with Crippen LogP contribution < -0.4 is 0 Å². The molecule has 0 spiro atoms. The number of hydrogen-bond donors (Lipinski definition) is 1. The molecule has 0 aliphatic heterocycles. The van der Waals surface area contributed by atoms with E-state index in [1.165, 1.54) is 6.39 Å². The molecule has 2 rings (SSSR count). The van der Waals surface area contributed by atoms with Crippen LogP contribution in [-0.2, 0) is 0 Å². The Morgan fingerprint density at radius 2 is 2.36 bits per heavy atom. The first-order valence-corrected chi connectivity index (χ1v) is 5.37. The lowest BCUT2D eigenvalue weighted by atomic mass is 10.0. The van der Waals surface area contributed by atoms with E-state index in [0.717, 1.165) is 22.4 Å².